The SMILES string of the molecule is CC1(C)c2ccccc2-c2cc3c(cc21)c1ccccc1n3-c1cccc(-c2nc(-c3ccccc3)nc(-c3cccc(-n4c5ccccc5c5ccccc54)c3)n2)c1. The lowest BCUT2D eigenvalue weighted by molar-refractivity contribution is 0.661. The van der Waals surface area contributed by atoms with Gasteiger partial charge in [0.05, 0.1) is 22.1 Å². The van der Waals surface area contributed by atoms with E-state index < -0.39 is 0 Å². The molecule has 0 atom stereocenters. The minimum absolute atomic E-state index is 0.0843. The van der Waals surface area contributed by atoms with Crippen LogP contribution in [0.5, 0.6) is 0 Å². The van der Waals surface area contributed by atoms with Crippen molar-refractivity contribution in [2.24, 2.45) is 0 Å². The molecule has 8 aromatic carbocycles. The fraction of sp³-hybridized carbons (Fsp3) is 0.0556. The number of fused-ring (bicyclic) bond motifs is 9. The van der Waals surface area contributed by atoms with Crippen LogP contribution in [0, 0.1) is 0 Å². The summed E-state index contributed by atoms with van der Waals surface area (Å²) in [5, 5.41) is 4.94. The summed E-state index contributed by atoms with van der Waals surface area (Å²) in [6, 6.07) is 67.0. The molecule has 0 fully saturated rings. The molecule has 0 saturated heterocycles. The maximum absolute atomic E-state index is 5.24. The minimum Gasteiger partial charge on any atom is -0.309 e. The van der Waals surface area contributed by atoms with E-state index in [1.165, 1.54) is 49.3 Å². The number of hydrogen-bond donors (Lipinski definition) is 0. The molecular formula is C54H37N5. The zero-order chi connectivity index (χ0) is 39.2. The Hall–Kier alpha value is -7.63. The maximum atomic E-state index is 5.24. The zero-order valence-corrected chi connectivity index (χ0v) is 32.6. The van der Waals surface area contributed by atoms with Crippen LogP contribution in [0.15, 0.2) is 188 Å². The Morgan fingerprint density at radius 3 is 1.39 bits per heavy atom. The smallest absolute Gasteiger partial charge is 0.164 e. The molecule has 59 heavy (non-hydrogen) atoms. The third-order valence-corrected chi connectivity index (χ3v) is 12.3. The predicted molar refractivity (Wildman–Crippen MR) is 242 cm³/mol. The van der Waals surface area contributed by atoms with Crippen LogP contribution in [0.2, 0.25) is 0 Å². The first-order chi connectivity index (χ1) is 29.0. The molecule has 5 nitrogen and oxygen atoms in total. The van der Waals surface area contributed by atoms with Crippen molar-refractivity contribution in [3.63, 3.8) is 0 Å². The second-order valence-electron chi connectivity index (χ2n) is 16.1. The van der Waals surface area contributed by atoms with Crippen LogP contribution in [0.4, 0.5) is 0 Å². The molecule has 11 aromatic rings. The van der Waals surface area contributed by atoms with Gasteiger partial charge in [0, 0.05) is 55.0 Å². The van der Waals surface area contributed by atoms with E-state index in [1.807, 2.05) is 18.2 Å². The molecule has 1 aliphatic rings. The molecule has 0 radical (unpaired) electrons. The van der Waals surface area contributed by atoms with Gasteiger partial charge in [0.15, 0.2) is 17.5 Å². The molecule has 0 saturated carbocycles. The highest BCUT2D eigenvalue weighted by molar-refractivity contribution is 6.12. The standard InChI is InChI=1S/C54H37N5/c1-54(2)45-26-10-6-22-39(45)43-33-50-44(32-46(43)54)42-25-9-13-29-49(42)59(50)38-21-15-19-36(31-38)53-56-51(34-16-4-3-5-17-34)55-52(57-53)35-18-14-20-37(30-35)58-47-27-11-7-23-40(47)41-24-8-12-28-48(41)58/h3-33H,1-2H3. The number of hydrogen-bond acceptors (Lipinski definition) is 3. The third kappa shape index (κ3) is 5.08. The molecule has 0 aliphatic heterocycles. The van der Waals surface area contributed by atoms with E-state index in [4.69, 9.17) is 15.0 Å². The Morgan fingerprint density at radius 1 is 0.339 bits per heavy atom. The molecule has 12 rings (SSSR count). The highest BCUT2D eigenvalue weighted by Crippen LogP contribution is 2.51. The van der Waals surface area contributed by atoms with E-state index in [9.17, 15) is 0 Å². The maximum Gasteiger partial charge on any atom is 0.164 e. The molecule has 0 N–H and O–H groups in total. The van der Waals surface area contributed by atoms with Crippen molar-refractivity contribution >= 4 is 43.6 Å². The Labute approximate surface area is 341 Å². The normalized spacial score (nSPS) is 13.1. The Balaban J connectivity index is 1.04. The van der Waals surface area contributed by atoms with Crippen LogP contribution in [-0.4, -0.2) is 24.1 Å². The predicted octanol–water partition coefficient (Wildman–Crippen LogP) is 13.4. The van der Waals surface area contributed by atoms with E-state index in [1.54, 1.807) is 0 Å². The molecule has 0 bridgehead atoms. The number of rotatable bonds is 5. The van der Waals surface area contributed by atoms with Crippen LogP contribution in [0.1, 0.15) is 25.0 Å². The molecule has 0 unspecified atom stereocenters. The zero-order valence-electron chi connectivity index (χ0n) is 32.6. The first-order valence-corrected chi connectivity index (χ1v) is 20.2. The van der Waals surface area contributed by atoms with Crippen LogP contribution < -0.4 is 0 Å². The van der Waals surface area contributed by atoms with E-state index >= 15 is 0 Å². The molecular weight excluding hydrogens is 719 g/mol. The number of benzene rings is 8. The minimum atomic E-state index is -0.0843. The van der Waals surface area contributed by atoms with Crippen molar-refractivity contribution < 1.29 is 0 Å². The molecule has 0 spiro atoms. The lowest BCUT2D eigenvalue weighted by Gasteiger charge is -2.21. The fourth-order valence-electron chi connectivity index (χ4n) is 9.56. The van der Waals surface area contributed by atoms with Crippen molar-refractivity contribution in [3.05, 3.63) is 199 Å². The van der Waals surface area contributed by atoms with Crippen LogP contribution in [0.3, 0.4) is 0 Å². The van der Waals surface area contributed by atoms with Crippen LogP contribution >= 0.6 is 0 Å². The van der Waals surface area contributed by atoms with Gasteiger partial charge in [-0.1, -0.05) is 147 Å². The van der Waals surface area contributed by atoms with Gasteiger partial charge in [-0.3, -0.25) is 0 Å². The van der Waals surface area contributed by atoms with Crippen molar-refractivity contribution in [1.29, 1.82) is 0 Å². The Morgan fingerprint density at radius 2 is 0.797 bits per heavy atom. The van der Waals surface area contributed by atoms with Gasteiger partial charge in [-0.2, -0.15) is 0 Å². The van der Waals surface area contributed by atoms with Gasteiger partial charge in [0.1, 0.15) is 0 Å². The second-order valence-corrected chi connectivity index (χ2v) is 16.1. The lowest BCUT2D eigenvalue weighted by Crippen LogP contribution is -2.14. The number of para-hydroxylation sites is 3. The van der Waals surface area contributed by atoms with Gasteiger partial charge in [-0.05, 0) is 76.9 Å². The monoisotopic (exact) mass is 755 g/mol. The Kier molecular flexibility index (Phi) is 7.20. The summed E-state index contributed by atoms with van der Waals surface area (Å²) in [6.45, 7) is 4.69. The average Bonchev–Trinajstić information content (AvgIpc) is 3.89. The molecule has 3 heterocycles. The van der Waals surface area contributed by atoms with Gasteiger partial charge in [0.25, 0.3) is 0 Å². The van der Waals surface area contributed by atoms with E-state index in [2.05, 4.69) is 193 Å². The molecule has 0 amide bonds. The highest BCUT2D eigenvalue weighted by Gasteiger charge is 2.36. The topological polar surface area (TPSA) is 48.5 Å². The first-order valence-electron chi connectivity index (χ1n) is 20.2. The van der Waals surface area contributed by atoms with Crippen molar-refractivity contribution in [3.8, 4) is 56.7 Å². The highest BCUT2D eigenvalue weighted by atomic mass is 15.0. The number of aromatic nitrogens is 5. The van der Waals surface area contributed by atoms with Crippen molar-refractivity contribution in [2.75, 3.05) is 0 Å². The Bertz CT molecular complexity index is 3430. The quantitative estimate of drug-likeness (QED) is 0.176. The third-order valence-electron chi connectivity index (χ3n) is 12.3. The first kappa shape index (κ1) is 33.5. The lowest BCUT2D eigenvalue weighted by atomic mass is 9.82. The van der Waals surface area contributed by atoms with E-state index in [0.717, 1.165) is 44.6 Å². The van der Waals surface area contributed by atoms with E-state index in [-0.39, 0.29) is 5.41 Å². The molecule has 3 aromatic heterocycles. The van der Waals surface area contributed by atoms with Crippen molar-refractivity contribution in [2.45, 2.75) is 19.3 Å². The summed E-state index contributed by atoms with van der Waals surface area (Å²) in [7, 11) is 0. The number of nitrogens with zero attached hydrogens (tertiary/aromatic N) is 5. The summed E-state index contributed by atoms with van der Waals surface area (Å²) in [4.78, 5) is 15.5. The van der Waals surface area contributed by atoms with Gasteiger partial charge >= 0.3 is 0 Å². The van der Waals surface area contributed by atoms with Crippen LogP contribution in [-0.2, 0) is 5.41 Å². The second kappa shape index (κ2) is 12.7. The van der Waals surface area contributed by atoms with E-state index in [0.29, 0.717) is 17.5 Å². The summed E-state index contributed by atoms with van der Waals surface area (Å²) in [5.41, 5.74) is 14.8. The largest absolute Gasteiger partial charge is 0.309 e. The fourth-order valence-corrected chi connectivity index (χ4v) is 9.56. The van der Waals surface area contributed by atoms with Gasteiger partial charge < -0.3 is 9.13 Å². The summed E-state index contributed by atoms with van der Waals surface area (Å²) in [6.07, 6.45) is 0. The van der Waals surface area contributed by atoms with Gasteiger partial charge in [-0.15, -0.1) is 0 Å². The molecule has 1 aliphatic carbocycles. The summed E-state index contributed by atoms with van der Waals surface area (Å²) >= 11 is 0. The summed E-state index contributed by atoms with van der Waals surface area (Å²) in [5.74, 6) is 1.87. The molecule has 5 heteroatoms. The average molecular weight is 756 g/mol. The van der Waals surface area contributed by atoms with Crippen molar-refractivity contribution in [1.82, 2.24) is 24.1 Å². The van der Waals surface area contributed by atoms with Gasteiger partial charge in [0.2, 0.25) is 0 Å². The molecule has 278 valence electrons. The summed E-state index contributed by atoms with van der Waals surface area (Å²) < 4.78 is 4.73. The van der Waals surface area contributed by atoms with Crippen LogP contribution in [0.25, 0.3) is 100 Å². The van der Waals surface area contributed by atoms with Gasteiger partial charge in [-0.25, -0.2) is 15.0 Å².